The number of carbonyl (C=O) groups excluding carboxylic acids is 3. The summed E-state index contributed by atoms with van der Waals surface area (Å²) in [6.45, 7) is 1.93. The van der Waals surface area contributed by atoms with Gasteiger partial charge in [-0.25, -0.2) is 4.90 Å². The van der Waals surface area contributed by atoms with Gasteiger partial charge < -0.3 is 5.32 Å². The molecular weight excluding hydrogens is 352 g/mol. The monoisotopic (exact) mass is 372 g/mol. The van der Waals surface area contributed by atoms with Crippen molar-refractivity contribution in [1.82, 2.24) is 0 Å². The summed E-state index contributed by atoms with van der Waals surface area (Å²) in [6, 6.07) is 14.3. The lowest BCUT2D eigenvalue weighted by molar-refractivity contribution is -0.123. The highest BCUT2D eigenvalue weighted by Gasteiger charge is 2.59. The Morgan fingerprint density at radius 3 is 2.32 bits per heavy atom. The minimum Gasteiger partial charge on any atom is -0.322 e. The van der Waals surface area contributed by atoms with Crippen LogP contribution >= 0.6 is 0 Å². The fraction of sp³-hybridized carbons (Fsp3) is 0.261. The van der Waals surface area contributed by atoms with Gasteiger partial charge in [0.2, 0.25) is 11.8 Å². The Bertz CT molecular complexity index is 1010. The summed E-state index contributed by atoms with van der Waals surface area (Å²) in [6.07, 6.45) is 5.05. The Morgan fingerprint density at radius 2 is 1.64 bits per heavy atom. The molecule has 1 heterocycles. The molecule has 1 aliphatic heterocycles. The molecule has 1 saturated carbocycles. The van der Waals surface area contributed by atoms with E-state index < -0.39 is 0 Å². The second kappa shape index (κ2) is 6.16. The van der Waals surface area contributed by atoms with Gasteiger partial charge in [-0.3, -0.25) is 14.4 Å². The van der Waals surface area contributed by atoms with Crippen molar-refractivity contribution in [3.05, 3.63) is 71.8 Å². The van der Waals surface area contributed by atoms with E-state index >= 15 is 0 Å². The molecular formula is C23H20N2O3. The maximum atomic E-state index is 13.0. The molecule has 5 nitrogen and oxygen atoms in total. The van der Waals surface area contributed by atoms with Gasteiger partial charge in [0.1, 0.15) is 0 Å². The van der Waals surface area contributed by atoms with Crippen molar-refractivity contribution >= 4 is 29.1 Å². The molecule has 5 heteroatoms. The van der Waals surface area contributed by atoms with Crippen molar-refractivity contribution in [2.24, 2.45) is 23.7 Å². The molecule has 1 N–H and O–H groups in total. The normalized spacial score (nSPS) is 27.4. The number of hydrogen-bond acceptors (Lipinski definition) is 3. The molecule has 0 unspecified atom stereocenters. The predicted octanol–water partition coefficient (Wildman–Crippen LogP) is 3.56. The van der Waals surface area contributed by atoms with Gasteiger partial charge in [-0.15, -0.1) is 0 Å². The molecule has 0 radical (unpaired) electrons. The molecule has 2 aromatic rings. The fourth-order valence-corrected chi connectivity index (χ4v) is 4.85. The molecule has 2 aromatic carbocycles. The van der Waals surface area contributed by atoms with Crippen LogP contribution in [0.15, 0.2) is 60.7 Å². The number of allylic oxidation sites excluding steroid dienone is 2. The van der Waals surface area contributed by atoms with Crippen molar-refractivity contribution < 1.29 is 14.4 Å². The fourth-order valence-electron chi connectivity index (χ4n) is 4.85. The van der Waals surface area contributed by atoms with Gasteiger partial charge in [-0.1, -0.05) is 36.4 Å². The third kappa shape index (κ3) is 2.43. The van der Waals surface area contributed by atoms with E-state index in [0.29, 0.717) is 11.3 Å². The predicted molar refractivity (Wildman–Crippen MR) is 106 cm³/mol. The molecule has 1 saturated heterocycles. The highest BCUT2D eigenvalue weighted by molar-refractivity contribution is 6.23. The number of aryl methyl sites for hydroxylation is 1. The summed E-state index contributed by atoms with van der Waals surface area (Å²) < 4.78 is 0. The Labute approximate surface area is 163 Å². The lowest BCUT2D eigenvalue weighted by atomic mass is 9.85. The number of anilines is 2. The van der Waals surface area contributed by atoms with Gasteiger partial charge in [-0.2, -0.15) is 0 Å². The third-order valence-electron chi connectivity index (χ3n) is 6.23. The Balaban J connectivity index is 1.42. The van der Waals surface area contributed by atoms with E-state index in [1.54, 1.807) is 24.3 Å². The van der Waals surface area contributed by atoms with Gasteiger partial charge in [0, 0.05) is 11.3 Å². The highest BCUT2D eigenvalue weighted by atomic mass is 16.2. The summed E-state index contributed by atoms with van der Waals surface area (Å²) in [4.78, 5) is 39.9. The zero-order valence-electron chi connectivity index (χ0n) is 15.5. The molecule has 2 fully saturated rings. The molecule has 2 bridgehead atoms. The number of nitrogens with one attached hydrogen (secondary N) is 1. The molecule has 28 heavy (non-hydrogen) atoms. The third-order valence-corrected chi connectivity index (χ3v) is 6.23. The van der Waals surface area contributed by atoms with E-state index in [-0.39, 0.29) is 41.4 Å². The summed E-state index contributed by atoms with van der Waals surface area (Å²) in [5, 5.41) is 2.89. The Kier molecular flexibility index (Phi) is 3.72. The van der Waals surface area contributed by atoms with Crippen LogP contribution in [0.2, 0.25) is 0 Å². The van der Waals surface area contributed by atoms with Gasteiger partial charge in [0.05, 0.1) is 17.5 Å². The standard InChI is InChI=1S/C23H20N2O3/c1-13-5-2-3-8-18(13)24-21(26)16-6-4-7-17(12-16)25-22(27)19-14-9-10-15(11-14)20(19)23(25)28/h2-10,12,14-15,19-20H,11H2,1H3,(H,24,26)/t14-,15-,19+,20+/m0/s1. The first-order valence-electron chi connectivity index (χ1n) is 9.58. The van der Waals surface area contributed by atoms with Crippen LogP contribution in [0.1, 0.15) is 22.3 Å². The van der Waals surface area contributed by atoms with E-state index in [0.717, 1.165) is 17.7 Å². The maximum Gasteiger partial charge on any atom is 0.255 e. The first-order chi connectivity index (χ1) is 13.5. The number of fused-ring (bicyclic) bond motifs is 5. The summed E-state index contributed by atoms with van der Waals surface area (Å²) in [5.74, 6) is -0.685. The number of nitrogens with zero attached hydrogens (tertiary/aromatic N) is 1. The van der Waals surface area contributed by atoms with Crippen molar-refractivity contribution in [3.8, 4) is 0 Å². The van der Waals surface area contributed by atoms with E-state index in [9.17, 15) is 14.4 Å². The minimum atomic E-state index is -0.267. The zero-order chi connectivity index (χ0) is 19.4. The lowest BCUT2D eigenvalue weighted by Crippen LogP contribution is -2.33. The second-order valence-electron chi connectivity index (χ2n) is 7.83. The molecule has 0 spiro atoms. The first-order valence-corrected chi connectivity index (χ1v) is 9.58. The van der Waals surface area contributed by atoms with Crippen LogP contribution in [-0.4, -0.2) is 17.7 Å². The Hall–Kier alpha value is -3.21. The van der Waals surface area contributed by atoms with Crippen LogP contribution in [0.25, 0.3) is 0 Å². The quantitative estimate of drug-likeness (QED) is 0.662. The number of amides is 3. The number of rotatable bonds is 3. The van der Waals surface area contributed by atoms with E-state index in [4.69, 9.17) is 0 Å². The molecule has 5 rings (SSSR count). The lowest BCUT2D eigenvalue weighted by Gasteiger charge is -2.18. The molecule has 3 aliphatic rings. The number of benzene rings is 2. The first kappa shape index (κ1) is 16.9. The van der Waals surface area contributed by atoms with Crippen LogP contribution in [-0.2, 0) is 9.59 Å². The maximum absolute atomic E-state index is 13.0. The second-order valence-corrected chi connectivity index (χ2v) is 7.83. The number of para-hydroxylation sites is 1. The van der Waals surface area contributed by atoms with Crippen molar-refractivity contribution in [1.29, 1.82) is 0 Å². The number of hydrogen-bond donors (Lipinski definition) is 1. The molecule has 140 valence electrons. The highest BCUT2D eigenvalue weighted by Crippen LogP contribution is 2.53. The average molecular weight is 372 g/mol. The molecule has 3 amide bonds. The molecule has 2 aliphatic carbocycles. The van der Waals surface area contributed by atoms with E-state index in [1.807, 2.05) is 31.2 Å². The Morgan fingerprint density at radius 1 is 0.964 bits per heavy atom. The molecule has 4 atom stereocenters. The van der Waals surface area contributed by atoms with Gasteiger partial charge >= 0.3 is 0 Å². The van der Waals surface area contributed by atoms with Crippen LogP contribution in [0, 0.1) is 30.6 Å². The van der Waals surface area contributed by atoms with Crippen LogP contribution in [0.5, 0.6) is 0 Å². The van der Waals surface area contributed by atoms with E-state index in [2.05, 4.69) is 17.5 Å². The number of carbonyl (C=O) groups is 3. The van der Waals surface area contributed by atoms with Crippen molar-refractivity contribution in [2.45, 2.75) is 13.3 Å². The zero-order valence-corrected chi connectivity index (χ0v) is 15.5. The van der Waals surface area contributed by atoms with Crippen molar-refractivity contribution in [2.75, 3.05) is 10.2 Å². The topological polar surface area (TPSA) is 66.5 Å². The SMILES string of the molecule is Cc1ccccc1NC(=O)c1cccc(N2C(=O)[C@H]3[C@H](C2=O)[C@H]2C=C[C@H]3C2)c1. The minimum absolute atomic E-state index is 0.136. The number of imide groups is 1. The molecule has 0 aromatic heterocycles. The van der Waals surface area contributed by atoms with Crippen LogP contribution in [0.3, 0.4) is 0 Å². The van der Waals surface area contributed by atoms with Gasteiger partial charge in [-0.05, 0) is 55.0 Å². The van der Waals surface area contributed by atoms with Crippen molar-refractivity contribution in [3.63, 3.8) is 0 Å². The summed E-state index contributed by atoms with van der Waals surface area (Å²) in [5.41, 5.74) is 2.59. The van der Waals surface area contributed by atoms with E-state index in [1.165, 1.54) is 4.90 Å². The van der Waals surface area contributed by atoms with Gasteiger partial charge in [0.15, 0.2) is 0 Å². The smallest absolute Gasteiger partial charge is 0.255 e. The average Bonchev–Trinajstić information content (AvgIpc) is 3.37. The summed E-state index contributed by atoms with van der Waals surface area (Å²) in [7, 11) is 0. The van der Waals surface area contributed by atoms with Crippen LogP contribution in [0.4, 0.5) is 11.4 Å². The summed E-state index contributed by atoms with van der Waals surface area (Å²) >= 11 is 0. The van der Waals surface area contributed by atoms with Crippen LogP contribution < -0.4 is 10.2 Å². The van der Waals surface area contributed by atoms with Gasteiger partial charge in [0.25, 0.3) is 5.91 Å². The largest absolute Gasteiger partial charge is 0.322 e.